The Morgan fingerprint density at radius 2 is 1.75 bits per heavy atom. The number of hydrogen-bond acceptors (Lipinski definition) is 5. The third-order valence-electron chi connectivity index (χ3n) is 3.16. The van der Waals surface area contributed by atoms with Crippen LogP contribution < -0.4 is 0 Å². The van der Waals surface area contributed by atoms with Crippen molar-refractivity contribution in [3.05, 3.63) is 28.7 Å². The van der Waals surface area contributed by atoms with Gasteiger partial charge < -0.3 is 4.90 Å². The Labute approximate surface area is 127 Å². The molecular formula is C13H16BrNO4S. The van der Waals surface area contributed by atoms with Crippen molar-refractivity contribution >= 4 is 31.8 Å². The van der Waals surface area contributed by atoms with Gasteiger partial charge in [-0.3, -0.25) is 8.98 Å². The molecule has 0 unspecified atom stereocenters. The number of nitrogens with zero attached hydrogens (tertiary/aromatic N) is 1. The summed E-state index contributed by atoms with van der Waals surface area (Å²) in [5, 5.41) is 0. The number of likely N-dealkylation sites (tertiary alicyclic amines) is 1. The van der Waals surface area contributed by atoms with E-state index in [9.17, 15) is 13.2 Å². The lowest BCUT2D eigenvalue weighted by Gasteiger charge is -2.25. The summed E-state index contributed by atoms with van der Waals surface area (Å²) >= 11 is 3.25. The van der Waals surface area contributed by atoms with Gasteiger partial charge >= 0.3 is 0 Å². The molecule has 1 saturated heterocycles. The lowest BCUT2D eigenvalue weighted by atomic mass is 10.1. The molecule has 1 fully saturated rings. The molecule has 0 bridgehead atoms. The maximum atomic E-state index is 11.9. The zero-order valence-electron chi connectivity index (χ0n) is 10.9. The predicted molar refractivity (Wildman–Crippen MR) is 78.0 cm³/mol. The molecule has 5 nitrogen and oxygen atoms in total. The van der Waals surface area contributed by atoms with Gasteiger partial charge in [0, 0.05) is 36.9 Å². The molecule has 0 aromatic heterocycles. The molecule has 0 aliphatic carbocycles. The minimum atomic E-state index is -3.70. The van der Waals surface area contributed by atoms with Gasteiger partial charge in [-0.05, 0) is 24.3 Å². The number of carbonyl (C=O) groups is 1. The Bertz CT molecular complexity index is 561. The maximum absolute atomic E-state index is 11.9. The molecule has 1 heterocycles. The monoisotopic (exact) mass is 361 g/mol. The van der Waals surface area contributed by atoms with E-state index < -0.39 is 10.1 Å². The summed E-state index contributed by atoms with van der Waals surface area (Å²) in [5.74, 6) is 0.268. The first-order chi connectivity index (χ1) is 9.47. The smallest absolute Gasteiger partial charge is 0.297 e. The summed E-state index contributed by atoms with van der Waals surface area (Å²) in [6, 6.07) is 6.32. The first-order valence-corrected chi connectivity index (χ1v) is 8.56. The molecule has 0 radical (unpaired) electrons. The van der Waals surface area contributed by atoms with Gasteiger partial charge in [0.25, 0.3) is 10.1 Å². The van der Waals surface area contributed by atoms with Crippen molar-refractivity contribution in [2.24, 2.45) is 0 Å². The van der Waals surface area contributed by atoms with Gasteiger partial charge in [-0.1, -0.05) is 15.9 Å². The molecule has 20 heavy (non-hydrogen) atoms. The van der Waals surface area contributed by atoms with Gasteiger partial charge in [0.2, 0.25) is 0 Å². The van der Waals surface area contributed by atoms with Crippen LogP contribution in [0.25, 0.3) is 0 Å². The van der Waals surface area contributed by atoms with Crippen LogP contribution in [0, 0.1) is 0 Å². The van der Waals surface area contributed by atoms with Gasteiger partial charge in [0.05, 0.1) is 11.5 Å². The zero-order chi connectivity index (χ0) is 14.6. The van der Waals surface area contributed by atoms with Crippen molar-refractivity contribution in [2.45, 2.75) is 17.7 Å². The second-order valence-corrected chi connectivity index (χ2v) is 7.14. The highest BCUT2D eigenvalue weighted by Gasteiger charge is 2.18. The number of ketones is 1. The molecule has 1 aromatic rings. The van der Waals surface area contributed by atoms with Crippen molar-refractivity contribution in [1.29, 1.82) is 0 Å². The minimum absolute atomic E-state index is 0.104. The minimum Gasteiger partial charge on any atom is -0.300 e. The topological polar surface area (TPSA) is 63.7 Å². The van der Waals surface area contributed by atoms with Crippen LogP contribution in [0.3, 0.4) is 0 Å². The van der Waals surface area contributed by atoms with Crippen molar-refractivity contribution in [1.82, 2.24) is 4.90 Å². The number of hydrogen-bond donors (Lipinski definition) is 0. The van der Waals surface area contributed by atoms with Gasteiger partial charge in [-0.15, -0.1) is 0 Å². The fourth-order valence-corrected chi connectivity index (χ4v) is 3.14. The van der Waals surface area contributed by atoms with Crippen LogP contribution in [0.4, 0.5) is 0 Å². The van der Waals surface area contributed by atoms with Crippen LogP contribution in [0.5, 0.6) is 0 Å². The van der Waals surface area contributed by atoms with Crippen LogP contribution in [-0.4, -0.2) is 45.3 Å². The van der Waals surface area contributed by atoms with Gasteiger partial charge in [-0.25, -0.2) is 0 Å². The van der Waals surface area contributed by atoms with E-state index in [-0.39, 0.29) is 17.3 Å². The van der Waals surface area contributed by atoms with Crippen LogP contribution in [0.15, 0.2) is 33.6 Å². The predicted octanol–water partition coefficient (Wildman–Crippen LogP) is 1.82. The quantitative estimate of drug-likeness (QED) is 0.748. The Balaban J connectivity index is 1.83. The van der Waals surface area contributed by atoms with E-state index in [2.05, 4.69) is 15.9 Å². The molecule has 0 saturated carbocycles. The number of carbonyl (C=O) groups excluding carboxylic acids is 1. The molecule has 1 aliphatic heterocycles. The average molecular weight is 362 g/mol. The van der Waals surface area contributed by atoms with E-state index in [1.165, 1.54) is 12.1 Å². The Hall–Kier alpha value is -0.760. The molecule has 1 aliphatic rings. The summed E-state index contributed by atoms with van der Waals surface area (Å²) < 4.78 is 29.7. The van der Waals surface area contributed by atoms with Crippen molar-refractivity contribution in [3.63, 3.8) is 0 Å². The number of piperidine rings is 1. The van der Waals surface area contributed by atoms with Crippen LogP contribution in [0.2, 0.25) is 0 Å². The molecule has 0 N–H and O–H groups in total. The van der Waals surface area contributed by atoms with Crippen LogP contribution in [0.1, 0.15) is 12.8 Å². The molecule has 7 heteroatoms. The summed E-state index contributed by atoms with van der Waals surface area (Å²) in [5.41, 5.74) is 0. The SMILES string of the molecule is O=C1CCN(CCOS(=O)(=O)c2ccc(Br)cc2)CC1. The fourth-order valence-electron chi connectivity index (χ4n) is 1.97. The Kier molecular flexibility index (Phi) is 5.31. The molecule has 2 rings (SSSR count). The first-order valence-electron chi connectivity index (χ1n) is 6.36. The van der Waals surface area contributed by atoms with E-state index in [1.54, 1.807) is 12.1 Å². The summed E-state index contributed by atoms with van der Waals surface area (Å²) in [4.78, 5) is 13.3. The van der Waals surface area contributed by atoms with Gasteiger partial charge in [0.1, 0.15) is 5.78 Å². The van der Waals surface area contributed by atoms with Gasteiger partial charge in [-0.2, -0.15) is 8.42 Å². The summed E-state index contributed by atoms with van der Waals surface area (Å²) in [7, 11) is -3.70. The first kappa shape index (κ1) is 15.6. The van der Waals surface area contributed by atoms with E-state index in [1.807, 2.05) is 4.90 Å². The molecule has 1 aromatic carbocycles. The van der Waals surface area contributed by atoms with Crippen LogP contribution >= 0.6 is 15.9 Å². The van der Waals surface area contributed by atoms with E-state index in [0.717, 1.165) is 4.47 Å². The van der Waals surface area contributed by atoms with Crippen molar-refractivity contribution in [2.75, 3.05) is 26.2 Å². The molecule has 0 spiro atoms. The average Bonchev–Trinajstić information content (AvgIpc) is 2.41. The number of Topliss-reactive ketones (excluding diaryl/α,β-unsaturated/α-hetero) is 1. The number of benzene rings is 1. The molecule has 0 amide bonds. The lowest BCUT2D eigenvalue weighted by molar-refractivity contribution is -0.121. The molecule has 0 atom stereocenters. The lowest BCUT2D eigenvalue weighted by Crippen LogP contribution is -2.36. The standard InChI is InChI=1S/C13H16BrNO4S/c14-11-1-3-13(4-2-11)20(17,18)19-10-9-15-7-5-12(16)6-8-15/h1-4H,5-10H2. The second-order valence-electron chi connectivity index (χ2n) is 4.61. The van der Waals surface area contributed by atoms with Gasteiger partial charge in [0.15, 0.2) is 0 Å². The molecule has 110 valence electrons. The summed E-state index contributed by atoms with van der Waals surface area (Å²) in [6.45, 7) is 1.98. The summed E-state index contributed by atoms with van der Waals surface area (Å²) in [6.07, 6.45) is 1.08. The number of halogens is 1. The molecular weight excluding hydrogens is 346 g/mol. The maximum Gasteiger partial charge on any atom is 0.297 e. The van der Waals surface area contributed by atoms with E-state index in [0.29, 0.717) is 32.5 Å². The normalized spacial score (nSPS) is 17.4. The Morgan fingerprint density at radius 1 is 1.15 bits per heavy atom. The Morgan fingerprint density at radius 3 is 2.35 bits per heavy atom. The highest BCUT2D eigenvalue weighted by Crippen LogP contribution is 2.16. The third kappa shape index (κ3) is 4.37. The number of rotatable bonds is 5. The zero-order valence-corrected chi connectivity index (χ0v) is 13.3. The second kappa shape index (κ2) is 6.80. The van der Waals surface area contributed by atoms with Crippen molar-refractivity contribution < 1.29 is 17.4 Å². The highest BCUT2D eigenvalue weighted by atomic mass is 79.9. The fraction of sp³-hybridized carbons (Fsp3) is 0.462. The van der Waals surface area contributed by atoms with E-state index in [4.69, 9.17) is 4.18 Å². The highest BCUT2D eigenvalue weighted by molar-refractivity contribution is 9.10. The third-order valence-corrected chi connectivity index (χ3v) is 5.02. The van der Waals surface area contributed by atoms with Crippen LogP contribution in [-0.2, 0) is 19.1 Å². The largest absolute Gasteiger partial charge is 0.300 e. The van der Waals surface area contributed by atoms with E-state index >= 15 is 0 Å². The van der Waals surface area contributed by atoms with Crippen molar-refractivity contribution in [3.8, 4) is 0 Å².